The fourth-order valence-corrected chi connectivity index (χ4v) is 2.82. The molecule has 0 atom stereocenters. The minimum atomic E-state index is -0.598. The Kier molecular flexibility index (Phi) is 4.21. The lowest BCUT2D eigenvalue weighted by molar-refractivity contribution is 0.103. The number of rotatable bonds is 5. The highest BCUT2D eigenvalue weighted by Gasteiger charge is 2.20. The van der Waals surface area contributed by atoms with E-state index in [0.29, 0.717) is 28.7 Å². The second-order valence-corrected chi connectivity index (χ2v) is 5.83. The third-order valence-electron chi connectivity index (χ3n) is 4.04. The molecule has 4 rings (SSSR count). The molecule has 27 heavy (non-hydrogen) atoms. The zero-order valence-electron chi connectivity index (χ0n) is 13.9. The maximum absolute atomic E-state index is 13.1. The highest BCUT2D eigenvalue weighted by Crippen LogP contribution is 2.32. The molecule has 2 aromatic heterocycles. The van der Waals surface area contributed by atoms with E-state index in [-0.39, 0.29) is 17.4 Å². The molecule has 2 heterocycles. The summed E-state index contributed by atoms with van der Waals surface area (Å²) < 4.78 is 19.0. The smallest absolute Gasteiger partial charge is 0.244 e. The Balaban J connectivity index is 1.78. The molecule has 2 aromatic carbocycles. The van der Waals surface area contributed by atoms with Crippen LogP contribution in [0.15, 0.2) is 59.0 Å². The number of hydrogen-bond acceptors (Lipinski definition) is 6. The minimum absolute atomic E-state index is 0.158. The fraction of sp³-hybridized carbons (Fsp3) is 0.0526. The lowest BCUT2D eigenvalue weighted by Crippen LogP contribution is -2.00. The Morgan fingerprint density at radius 3 is 2.70 bits per heavy atom. The van der Waals surface area contributed by atoms with E-state index in [4.69, 9.17) is 4.42 Å². The van der Waals surface area contributed by atoms with E-state index in [1.165, 1.54) is 12.1 Å². The summed E-state index contributed by atoms with van der Waals surface area (Å²) in [6.07, 6.45) is 1.34. The molecule has 134 valence electrons. The molecule has 2 N–H and O–H groups in total. The van der Waals surface area contributed by atoms with E-state index < -0.39 is 5.78 Å². The van der Waals surface area contributed by atoms with Crippen LogP contribution in [0.4, 0.5) is 4.39 Å². The first-order valence-electron chi connectivity index (χ1n) is 8.05. The number of tetrazole rings is 1. The monoisotopic (exact) mass is 364 g/mol. The van der Waals surface area contributed by atoms with E-state index in [2.05, 4.69) is 20.6 Å². The molecule has 7 nitrogen and oxygen atoms in total. The molecular formula is C19H13FN4O3. The van der Waals surface area contributed by atoms with Crippen molar-refractivity contribution in [2.45, 2.75) is 6.42 Å². The Labute approximate surface area is 152 Å². The van der Waals surface area contributed by atoms with Crippen molar-refractivity contribution in [2.24, 2.45) is 0 Å². The number of aromatic amines is 1. The number of aliphatic hydroxyl groups is 1. The Morgan fingerprint density at radius 1 is 1.19 bits per heavy atom. The summed E-state index contributed by atoms with van der Waals surface area (Å²) in [7, 11) is 0. The number of allylic oxidation sites excluding steroid dienone is 1. The van der Waals surface area contributed by atoms with Crippen molar-refractivity contribution in [3.8, 4) is 0 Å². The molecule has 8 heteroatoms. The second-order valence-electron chi connectivity index (χ2n) is 5.83. The SMILES string of the molecule is O=C(C=C(O)c1c(Cc2ccc(F)cc2)oc2ccccc12)c1nn[nH]n1. The van der Waals surface area contributed by atoms with Gasteiger partial charge in [-0.05, 0) is 29.0 Å². The first-order valence-corrected chi connectivity index (χ1v) is 8.05. The van der Waals surface area contributed by atoms with Crippen LogP contribution in [0.5, 0.6) is 0 Å². The largest absolute Gasteiger partial charge is 0.507 e. The van der Waals surface area contributed by atoms with Gasteiger partial charge in [-0.15, -0.1) is 10.2 Å². The number of para-hydroxylation sites is 1. The quantitative estimate of drug-likeness (QED) is 0.319. The average molecular weight is 364 g/mol. The predicted molar refractivity (Wildman–Crippen MR) is 94.5 cm³/mol. The Hall–Kier alpha value is -3.81. The first-order chi connectivity index (χ1) is 13.1. The summed E-state index contributed by atoms with van der Waals surface area (Å²) in [6, 6.07) is 13.1. The number of nitrogens with zero attached hydrogens (tertiary/aromatic N) is 3. The molecule has 0 aliphatic carbocycles. The van der Waals surface area contributed by atoms with Crippen LogP contribution >= 0.6 is 0 Å². The second kappa shape index (κ2) is 6.83. The summed E-state index contributed by atoms with van der Waals surface area (Å²) in [5.41, 5.74) is 1.76. The highest BCUT2D eigenvalue weighted by molar-refractivity contribution is 6.06. The third kappa shape index (κ3) is 3.32. The lowest BCUT2D eigenvalue weighted by atomic mass is 10.0. The minimum Gasteiger partial charge on any atom is -0.507 e. The van der Waals surface area contributed by atoms with Crippen molar-refractivity contribution in [1.29, 1.82) is 0 Å². The highest BCUT2D eigenvalue weighted by atomic mass is 19.1. The molecule has 0 unspecified atom stereocenters. The van der Waals surface area contributed by atoms with Crippen molar-refractivity contribution in [3.63, 3.8) is 0 Å². The zero-order valence-corrected chi connectivity index (χ0v) is 13.9. The van der Waals surface area contributed by atoms with Crippen LogP contribution in [0.25, 0.3) is 16.7 Å². The number of fused-ring (bicyclic) bond motifs is 1. The topological polar surface area (TPSA) is 105 Å². The molecule has 0 saturated heterocycles. The maximum atomic E-state index is 13.1. The normalized spacial score (nSPS) is 11.8. The van der Waals surface area contributed by atoms with Crippen LogP contribution in [-0.2, 0) is 6.42 Å². The van der Waals surface area contributed by atoms with E-state index in [9.17, 15) is 14.3 Å². The molecule has 4 aromatic rings. The zero-order chi connectivity index (χ0) is 18.8. The van der Waals surface area contributed by atoms with Gasteiger partial charge in [0, 0.05) is 17.9 Å². The summed E-state index contributed by atoms with van der Waals surface area (Å²) in [6.45, 7) is 0. The molecule has 0 spiro atoms. The molecule has 0 aliphatic heterocycles. The Morgan fingerprint density at radius 2 is 1.96 bits per heavy atom. The number of H-pyrrole nitrogens is 1. The van der Waals surface area contributed by atoms with E-state index >= 15 is 0 Å². The van der Waals surface area contributed by atoms with Crippen LogP contribution in [0.3, 0.4) is 0 Å². The van der Waals surface area contributed by atoms with Gasteiger partial charge in [0.2, 0.25) is 11.6 Å². The summed E-state index contributed by atoms with van der Waals surface area (Å²) >= 11 is 0. The van der Waals surface area contributed by atoms with Gasteiger partial charge in [-0.25, -0.2) is 4.39 Å². The van der Waals surface area contributed by atoms with Crippen LogP contribution in [0, 0.1) is 5.82 Å². The fourth-order valence-electron chi connectivity index (χ4n) is 2.82. The Bertz CT molecular complexity index is 1130. The van der Waals surface area contributed by atoms with E-state index in [1.807, 2.05) is 6.07 Å². The van der Waals surface area contributed by atoms with Crippen molar-refractivity contribution in [2.75, 3.05) is 0 Å². The van der Waals surface area contributed by atoms with Crippen LogP contribution in [-0.4, -0.2) is 31.5 Å². The van der Waals surface area contributed by atoms with Crippen molar-refractivity contribution in [3.05, 3.63) is 83.1 Å². The molecular weight excluding hydrogens is 351 g/mol. The number of ketones is 1. The summed E-state index contributed by atoms with van der Waals surface area (Å²) in [4.78, 5) is 12.2. The summed E-state index contributed by atoms with van der Waals surface area (Å²) in [5, 5.41) is 24.0. The maximum Gasteiger partial charge on any atom is 0.244 e. The number of furan rings is 1. The predicted octanol–water partition coefficient (Wildman–Crippen LogP) is 3.46. The molecule has 0 aliphatic rings. The van der Waals surface area contributed by atoms with E-state index in [0.717, 1.165) is 11.6 Å². The molecule has 0 bridgehead atoms. The van der Waals surface area contributed by atoms with Crippen molar-refractivity contribution >= 4 is 22.5 Å². The number of aliphatic hydroxyl groups excluding tert-OH is 1. The van der Waals surface area contributed by atoms with E-state index in [1.54, 1.807) is 30.3 Å². The van der Waals surface area contributed by atoms with Crippen LogP contribution in [0.2, 0.25) is 0 Å². The van der Waals surface area contributed by atoms with Crippen LogP contribution in [0.1, 0.15) is 27.5 Å². The number of carbonyl (C=O) groups is 1. The van der Waals surface area contributed by atoms with Gasteiger partial charge >= 0.3 is 0 Å². The first kappa shape index (κ1) is 16.6. The van der Waals surface area contributed by atoms with Crippen molar-refractivity contribution < 1.29 is 18.7 Å². The van der Waals surface area contributed by atoms with Gasteiger partial charge in [0.25, 0.3) is 0 Å². The lowest BCUT2D eigenvalue weighted by Gasteiger charge is -2.03. The van der Waals surface area contributed by atoms with Gasteiger partial charge in [-0.1, -0.05) is 30.3 Å². The van der Waals surface area contributed by atoms with Crippen molar-refractivity contribution in [1.82, 2.24) is 20.6 Å². The van der Waals surface area contributed by atoms with Gasteiger partial charge in [0.15, 0.2) is 0 Å². The number of carbonyl (C=O) groups excluding carboxylic acids is 1. The number of aromatic nitrogens is 4. The van der Waals surface area contributed by atoms with Gasteiger partial charge in [-0.2, -0.15) is 5.21 Å². The molecule has 0 radical (unpaired) electrons. The number of nitrogens with one attached hydrogen (secondary N) is 1. The molecule has 0 saturated carbocycles. The van der Waals surface area contributed by atoms with Gasteiger partial charge in [-0.3, -0.25) is 4.79 Å². The molecule has 0 fully saturated rings. The van der Waals surface area contributed by atoms with Gasteiger partial charge in [0.05, 0.1) is 5.56 Å². The average Bonchev–Trinajstić information content (AvgIpc) is 3.31. The van der Waals surface area contributed by atoms with Gasteiger partial charge < -0.3 is 9.52 Å². The van der Waals surface area contributed by atoms with Crippen LogP contribution < -0.4 is 0 Å². The standard InChI is InChI=1S/C19H13FN4O3/c20-12-7-5-11(6-8-12)9-17-18(13-3-1-2-4-16(13)27-17)14(25)10-15(26)19-21-23-24-22-19/h1-8,10,25H,9H2,(H,21,22,23,24). The number of hydrogen-bond donors (Lipinski definition) is 2. The third-order valence-corrected chi connectivity index (χ3v) is 4.04. The summed E-state index contributed by atoms with van der Waals surface area (Å²) in [5.74, 6) is -0.907. The number of halogens is 1. The van der Waals surface area contributed by atoms with Gasteiger partial charge in [0.1, 0.15) is 22.9 Å². The number of benzene rings is 2. The molecule has 0 amide bonds.